The number of carbonyl (C=O) groups is 1. The Hall–Kier alpha value is -3.10. The van der Waals surface area contributed by atoms with Crippen LogP contribution in [-0.2, 0) is 12.7 Å². The molecule has 3 aromatic heterocycles. The van der Waals surface area contributed by atoms with Crippen molar-refractivity contribution >= 4 is 5.91 Å². The Morgan fingerprint density at radius 2 is 2.08 bits per heavy atom. The maximum absolute atomic E-state index is 13.4. The average Bonchev–Trinajstić information content (AvgIpc) is 3.22. The maximum atomic E-state index is 13.4. The summed E-state index contributed by atoms with van der Waals surface area (Å²) in [6.45, 7) is -0.0299. The van der Waals surface area contributed by atoms with Crippen LogP contribution in [-0.4, -0.2) is 20.7 Å². The van der Waals surface area contributed by atoms with Crippen LogP contribution in [0.2, 0.25) is 0 Å². The number of nitrogens with one attached hydrogen (secondary N) is 1. The van der Waals surface area contributed by atoms with Crippen LogP contribution >= 0.6 is 0 Å². The molecule has 3 heterocycles. The van der Waals surface area contributed by atoms with E-state index in [9.17, 15) is 18.0 Å². The average molecular weight is 336 g/mol. The van der Waals surface area contributed by atoms with Crippen molar-refractivity contribution in [3.8, 4) is 5.82 Å². The van der Waals surface area contributed by atoms with Crippen LogP contribution in [0.1, 0.15) is 21.8 Å². The Kier molecular flexibility index (Phi) is 4.07. The van der Waals surface area contributed by atoms with E-state index in [4.69, 9.17) is 4.42 Å². The molecule has 0 fully saturated rings. The SMILES string of the molecule is O=C(NCc1ccco1)c1cnn(-c2ccccn2)c1C(F)(F)F. The molecule has 0 saturated heterocycles. The quantitative estimate of drug-likeness (QED) is 0.795. The molecule has 0 radical (unpaired) electrons. The number of nitrogens with zero attached hydrogens (tertiary/aromatic N) is 3. The van der Waals surface area contributed by atoms with Crippen LogP contribution in [0.3, 0.4) is 0 Å². The van der Waals surface area contributed by atoms with Gasteiger partial charge in [0.25, 0.3) is 5.91 Å². The van der Waals surface area contributed by atoms with Crippen molar-refractivity contribution < 1.29 is 22.4 Å². The number of aromatic nitrogens is 3. The Labute approximate surface area is 133 Å². The van der Waals surface area contributed by atoms with Gasteiger partial charge in [0.1, 0.15) is 5.76 Å². The first-order valence-corrected chi connectivity index (χ1v) is 6.84. The van der Waals surface area contributed by atoms with E-state index < -0.39 is 23.3 Å². The van der Waals surface area contributed by atoms with Crippen LogP contribution in [0.4, 0.5) is 13.2 Å². The van der Waals surface area contributed by atoms with Crippen LogP contribution in [0.15, 0.2) is 53.4 Å². The second-order valence-corrected chi connectivity index (χ2v) is 4.77. The molecule has 1 N–H and O–H groups in total. The normalized spacial score (nSPS) is 11.5. The lowest BCUT2D eigenvalue weighted by Crippen LogP contribution is -2.26. The van der Waals surface area contributed by atoms with Crippen LogP contribution in [0.25, 0.3) is 5.82 Å². The molecule has 3 rings (SSSR count). The molecule has 1 amide bonds. The Morgan fingerprint density at radius 3 is 2.71 bits per heavy atom. The number of alkyl halides is 3. The maximum Gasteiger partial charge on any atom is 0.434 e. The highest BCUT2D eigenvalue weighted by Crippen LogP contribution is 2.33. The van der Waals surface area contributed by atoms with Crippen LogP contribution < -0.4 is 5.32 Å². The van der Waals surface area contributed by atoms with Gasteiger partial charge in [0, 0.05) is 6.20 Å². The fourth-order valence-corrected chi connectivity index (χ4v) is 2.12. The summed E-state index contributed by atoms with van der Waals surface area (Å²) in [5, 5.41) is 6.04. The van der Waals surface area contributed by atoms with Gasteiger partial charge in [-0.3, -0.25) is 4.79 Å². The van der Waals surface area contributed by atoms with Gasteiger partial charge in [0.15, 0.2) is 11.5 Å². The Morgan fingerprint density at radius 1 is 1.25 bits per heavy atom. The van der Waals surface area contributed by atoms with E-state index in [0.717, 1.165) is 6.20 Å². The largest absolute Gasteiger partial charge is 0.467 e. The summed E-state index contributed by atoms with van der Waals surface area (Å²) in [7, 11) is 0. The second-order valence-electron chi connectivity index (χ2n) is 4.77. The molecule has 6 nitrogen and oxygen atoms in total. The van der Waals surface area contributed by atoms with Crippen molar-refractivity contribution in [3.05, 3.63) is 66.0 Å². The van der Waals surface area contributed by atoms with E-state index in [-0.39, 0.29) is 12.4 Å². The van der Waals surface area contributed by atoms with Crippen molar-refractivity contribution in [2.45, 2.75) is 12.7 Å². The highest BCUT2D eigenvalue weighted by molar-refractivity contribution is 5.95. The molecule has 0 saturated carbocycles. The minimum absolute atomic E-state index is 0.0299. The fourth-order valence-electron chi connectivity index (χ4n) is 2.12. The van der Waals surface area contributed by atoms with Gasteiger partial charge < -0.3 is 9.73 Å². The number of hydrogen-bond acceptors (Lipinski definition) is 4. The molecule has 0 aliphatic heterocycles. The number of halogens is 3. The molecule has 0 aliphatic carbocycles. The number of amides is 1. The van der Waals surface area contributed by atoms with Crippen LogP contribution in [0, 0.1) is 0 Å². The monoisotopic (exact) mass is 336 g/mol. The summed E-state index contributed by atoms with van der Waals surface area (Å²) in [4.78, 5) is 16.0. The zero-order chi connectivity index (χ0) is 17.2. The Bertz CT molecular complexity index is 826. The van der Waals surface area contributed by atoms with Gasteiger partial charge in [-0.15, -0.1) is 0 Å². The number of hydrogen-bond donors (Lipinski definition) is 1. The summed E-state index contributed by atoms with van der Waals surface area (Å²) in [6.07, 6.45) is -1.16. The van der Waals surface area contributed by atoms with Gasteiger partial charge in [-0.2, -0.15) is 18.3 Å². The summed E-state index contributed by atoms with van der Waals surface area (Å²) in [5.74, 6) is -0.509. The van der Waals surface area contributed by atoms with Gasteiger partial charge in [-0.25, -0.2) is 9.67 Å². The summed E-state index contributed by atoms with van der Waals surface area (Å²) in [5.41, 5.74) is -1.77. The summed E-state index contributed by atoms with van der Waals surface area (Å²) in [6, 6.07) is 7.68. The first-order valence-electron chi connectivity index (χ1n) is 6.84. The van der Waals surface area contributed by atoms with E-state index in [1.54, 1.807) is 18.2 Å². The second kappa shape index (κ2) is 6.19. The van der Waals surface area contributed by atoms with Gasteiger partial charge >= 0.3 is 6.18 Å². The molecular formula is C15H11F3N4O2. The van der Waals surface area contributed by atoms with Crippen molar-refractivity contribution in [2.24, 2.45) is 0 Å². The first-order chi connectivity index (χ1) is 11.5. The molecule has 24 heavy (non-hydrogen) atoms. The van der Waals surface area contributed by atoms with Crippen LogP contribution in [0.5, 0.6) is 0 Å². The third kappa shape index (κ3) is 3.14. The summed E-state index contributed by atoms with van der Waals surface area (Å²) >= 11 is 0. The lowest BCUT2D eigenvalue weighted by molar-refractivity contribution is -0.143. The number of carbonyl (C=O) groups excluding carboxylic acids is 1. The Balaban J connectivity index is 1.93. The molecule has 0 spiro atoms. The summed E-state index contributed by atoms with van der Waals surface area (Å²) < 4.78 is 45.9. The molecular weight excluding hydrogens is 325 g/mol. The predicted octanol–water partition coefficient (Wildman–Crippen LogP) is 2.81. The van der Waals surface area contributed by atoms with Gasteiger partial charge in [-0.1, -0.05) is 6.07 Å². The van der Waals surface area contributed by atoms with E-state index in [0.29, 0.717) is 10.4 Å². The molecule has 0 aromatic carbocycles. The molecule has 0 unspecified atom stereocenters. The van der Waals surface area contributed by atoms with Gasteiger partial charge in [0.05, 0.1) is 24.6 Å². The highest BCUT2D eigenvalue weighted by Gasteiger charge is 2.40. The molecule has 124 valence electrons. The van der Waals surface area contributed by atoms with Gasteiger partial charge in [-0.05, 0) is 24.3 Å². The van der Waals surface area contributed by atoms with Gasteiger partial charge in [0.2, 0.25) is 0 Å². The van der Waals surface area contributed by atoms with Crippen molar-refractivity contribution in [3.63, 3.8) is 0 Å². The minimum Gasteiger partial charge on any atom is -0.467 e. The smallest absolute Gasteiger partial charge is 0.434 e. The highest BCUT2D eigenvalue weighted by atomic mass is 19.4. The predicted molar refractivity (Wildman–Crippen MR) is 76.2 cm³/mol. The molecule has 9 heteroatoms. The third-order valence-corrected chi connectivity index (χ3v) is 3.15. The lowest BCUT2D eigenvalue weighted by atomic mass is 10.2. The number of pyridine rings is 1. The number of furan rings is 1. The minimum atomic E-state index is -4.77. The lowest BCUT2D eigenvalue weighted by Gasteiger charge is -2.12. The standard InChI is InChI=1S/C15H11F3N4O2/c16-15(17,18)13-11(14(23)20-8-10-4-3-7-24-10)9-21-22(13)12-5-1-2-6-19-12/h1-7,9H,8H2,(H,20,23). The van der Waals surface area contributed by atoms with Crippen molar-refractivity contribution in [1.82, 2.24) is 20.1 Å². The third-order valence-electron chi connectivity index (χ3n) is 3.15. The molecule has 0 atom stereocenters. The molecule has 0 aliphatic rings. The number of rotatable bonds is 4. The van der Waals surface area contributed by atoms with Crippen molar-refractivity contribution in [2.75, 3.05) is 0 Å². The van der Waals surface area contributed by atoms with Crippen molar-refractivity contribution in [1.29, 1.82) is 0 Å². The molecule has 0 bridgehead atoms. The van der Waals surface area contributed by atoms with E-state index in [1.165, 1.54) is 24.6 Å². The van der Waals surface area contributed by atoms with E-state index >= 15 is 0 Å². The zero-order valence-electron chi connectivity index (χ0n) is 12.1. The molecule has 3 aromatic rings. The van der Waals surface area contributed by atoms with E-state index in [1.807, 2.05) is 0 Å². The fraction of sp³-hybridized carbons (Fsp3) is 0.133. The topological polar surface area (TPSA) is 73.0 Å². The van der Waals surface area contributed by atoms with E-state index in [2.05, 4.69) is 15.4 Å². The first kappa shape index (κ1) is 15.8. The zero-order valence-corrected chi connectivity index (χ0v) is 12.1.